The number of aromatic nitrogens is 2. The van der Waals surface area contributed by atoms with E-state index in [1.54, 1.807) is 29.6 Å². The predicted molar refractivity (Wildman–Crippen MR) is 116 cm³/mol. The molecule has 11 heteroatoms. The van der Waals surface area contributed by atoms with Gasteiger partial charge in [-0.15, -0.1) is 0 Å². The summed E-state index contributed by atoms with van der Waals surface area (Å²) in [5, 5.41) is 4.37. The summed E-state index contributed by atoms with van der Waals surface area (Å²) < 4.78 is 67.5. The van der Waals surface area contributed by atoms with Crippen molar-refractivity contribution in [2.75, 3.05) is 25.9 Å². The lowest BCUT2D eigenvalue weighted by molar-refractivity contribution is -0.138. The molecule has 3 heterocycles. The van der Waals surface area contributed by atoms with Gasteiger partial charge in [-0.1, -0.05) is 17.7 Å². The van der Waals surface area contributed by atoms with Crippen LogP contribution in [0.4, 0.5) is 13.2 Å². The summed E-state index contributed by atoms with van der Waals surface area (Å²) in [7, 11) is -1.67. The van der Waals surface area contributed by atoms with Gasteiger partial charge in [-0.25, -0.2) is 8.42 Å². The molecule has 0 radical (unpaired) electrons. The Morgan fingerprint density at radius 3 is 2.42 bits per heavy atom. The lowest BCUT2D eigenvalue weighted by atomic mass is 9.85. The van der Waals surface area contributed by atoms with Crippen LogP contribution in [0.25, 0.3) is 0 Å². The number of halogens is 3. The van der Waals surface area contributed by atoms with Crippen LogP contribution in [0.2, 0.25) is 0 Å². The smallest absolute Gasteiger partial charge is 0.337 e. The first-order valence-corrected chi connectivity index (χ1v) is 12.7. The number of nitrogens with zero attached hydrogens (tertiary/aromatic N) is 4. The van der Waals surface area contributed by atoms with Gasteiger partial charge in [0.25, 0.3) is 5.91 Å². The molecule has 2 aliphatic rings. The molecule has 1 amide bonds. The third-order valence-electron chi connectivity index (χ3n) is 6.61. The molecule has 2 aliphatic heterocycles. The highest BCUT2D eigenvalue weighted by atomic mass is 32.2. The SMILES string of the molecule is Cc1ccc(C(F)(F)F)c(C2CCN(C(=O)c3nn(C)c4c3CN(S(C)(=O)=O)CC4)CC2)c1. The number of rotatable bonds is 3. The van der Waals surface area contributed by atoms with Crippen molar-refractivity contribution >= 4 is 15.9 Å². The van der Waals surface area contributed by atoms with Gasteiger partial charge in [-0.2, -0.15) is 22.6 Å². The number of carbonyl (C=O) groups is 1. The van der Waals surface area contributed by atoms with Crippen molar-refractivity contribution in [3.05, 3.63) is 51.8 Å². The first-order valence-electron chi connectivity index (χ1n) is 10.8. The zero-order chi connectivity index (χ0) is 24.1. The minimum Gasteiger partial charge on any atom is -0.337 e. The van der Waals surface area contributed by atoms with E-state index in [2.05, 4.69) is 5.10 Å². The molecule has 0 spiro atoms. The predicted octanol–water partition coefficient (Wildman–Crippen LogP) is 3.08. The summed E-state index contributed by atoms with van der Waals surface area (Å²) in [5.74, 6) is -0.593. The second kappa shape index (κ2) is 8.43. The monoisotopic (exact) mass is 484 g/mol. The summed E-state index contributed by atoms with van der Waals surface area (Å²) in [5.41, 5.74) is 2.12. The Bertz CT molecular complexity index is 1180. The maximum absolute atomic E-state index is 13.5. The van der Waals surface area contributed by atoms with E-state index in [-0.39, 0.29) is 29.6 Å². The first kappa shape index (κ1) is 23.7. The number of sulfonamides is 1. The van der Waals surface area contributed by atoms with E-state index in [9.17, 15) is 26.4 Å². The molecule has 1 aromatic carbocycles. The van der Waals surface area contributed by atoms with Gasteiger partial charge in [0.1, 0.15) is 0 Å². The number of hydrogen-bond donors (Lipinski definition) is 0. The van der Waals surface area contributed by atoms with E-state index in [0.29, 0.717) is 44.5 Å². The number of amides is 1. The highest BCUT2D eigenvalue weighted by molar-refractivity contribution is 7.88. The Balaban J connectivity index is 1.53. The van der Waals surface area contributed by atoms with Crippen LogP contribution in [0.3, 0.4) is 0 Å². The summed E-state index contributed by atoms with van der Waals surface area (Å²) in [6, 6.07) is 4.20. The van der Waals surface area contributed by atoms with Gasteiger partial charge in [0.05, 0.1) is 11.8 Å². The van der Waals surface area contributed by atoms with Crippen molar-refractivity contribution in [3.8, 4) is 0 Å². The molecule has 0 atom stereocenters. The van der Waals surface area contributed by atoms with Crippen LogP contribution in [0.1, 0.15) is 57.2 Å². The highest BCUT2D eigenvalue weighted by Crippen LogP contribution is 2.39. The molecule has 180 valence electrons. The summed E-state index contributed by atoms with van der Waals surface area (Å²) in [6.07, 6.45) is -1.98. The number of likely N-dealkylation sites (tertiary alicyclic amines) is 1. The van der Waals surface area contributed by atoms with E-state index in [1.807, 2.05) is 0 Å². The number of hydrogen-bond acceptors (Lipinski definition) is 4. The van der Waals surface area contributed by atoms with E-state index < -0.39 is 21.8 Å². The van der Waals surface area contributed by atoms with Crippen LogP contribution in [-0.4, -0.2) is 59.2 Å². The lowest BCUT2D eigenvalue weighted by Crippen LogP contribution is -2.40. The molecule has 4 rings (SSSR count). The largest absolute Gasteiger partial charge is 0.416 e. The zero-order valence-corrected chi connectivity index (χ0v) is 19.6. The second-order valence-corrected chi connectivity index (χ2v) is 10.9. The number of aryl methyl sites for hydroxylation is 2. The van der Waals surface area contributed by atoms with Gasteiger partial charge in [-0.05, 0) is 37.3 Å². The summed E-state index contributed by atoms with van der Waals surface area (Å²) >= 11 is 0. The Labute approximate surface area is 191 Å². The van der Waals surface area contributed by atoms with Crippen molar-refractivity contribution in [1.29, 1.82) is 0 Å². The minimum absolute atomic E-state index is 0.0950. The normalized spacial score (nSPS) is 18.4. The van der Waals surface area contributed by atoms with Gasteiger partial charge in [0, 0.05) is 50.9 Å². The molecule has 1 fully saturated rings. The molecule has 0 bridgehead atoms. The number of benzene rings is 1. The fraction of sp³-hybridized carbons (Fsp3) is 0.545. The Morgan fingerprint density at radius 1 is 1.15 bits per heavy atom. The summed E-state index contributed by atoms with van der Waals surface area (Å²) in [6.45, 7) is 2.83. The van der Waals surface area contributed by atoms with Crippen LogP contribution in [0.15, 0.2) is 18.2 Å². The van der Waals surface area contributed by atoms with Crippen molar-refractivity contribution < 1.29 is 26.4 Å². The van der Waals surface area contributed by atoms with Gasteiger partial charge in [0.15, 0.2) is 5.69 Å². The van der Waals surface area contributed by atoms with E-state index >= 15 is 0 Å². The molecule has 0 N–H and O–H groups in total. The van der Waals surface area contributed by atoms with Gasteiger partial charge in [-0.3, -0.25) is 9.48 Å². The molecule has 0 saturated carbocycles. The van der Waals surface area contributed by atoms with Crippen molar-refractivity contribution in [2.45, 2.75) is 44.8 Å². The Hall–Kier alpha value is -2.40. The summed E-state index contributed by atoms with van der Waals surface area (Å²) in [4.78, 5) is 14.9. The van der Waals surface area contributed by atoms with Crippen LogP contribution in [-0.2, 0) is 36.2 Å². The zero-order valence-electron chi connectivity index (χ0n) is 18.8. The van der Waals surface area contributed by atoms with E-state index in [0.717, 1.165) is 23.6 Å². The molecule has 7 nitrogen and oxygen atoms in total. The maximum atomic E-state index is 13.5. The van der Waals surface area contributed by atoms with Gasteiger partial charge >= 0.3 is 6.18 Å². The number of fused-ring (bicyclic) bond motifs is 1. The fourth-order valence-electron chi connectivity index (χ4n) is 4.84. The van der Waals surface area contributed by atoms with Gasteiger partial charge in [0.2, 0.25) is 10.0 Å². The molecular formula is C22H27F3N4O3S. The third-order valence-corrected chi connectivity index (χ3v) is 7.86. The van der Waals surface area contributed by atoms with Crippen molar-refractivity contribution in [3.63, 3.8) is 0 Å². The molecule has 1 aromatic heterocycles. The molecule has 1 saturated heterocycles. The topological polar surface area (TPSA) is 75.5 Å². The van der Waals surface area contributed by atoms with Crippen LogP contribution >= 0.6 is 0 Å². The first-order chi connectivity index (χ1) is 15.4. The fourth-order valence-corrected chi connectivity index (χ4v) is 5.63. The second-order valence-electron chi connectivity index (χ2n) is 8.90. The minimum atomic E-state index is -4.42. The highest BCUT2D eigenvalue weighted by Gasteiger charge is 2.37. The number of piperidine rings is 1. The lowest BCUT2D eigenvalue weighted by Gasteiger charge is -2.33. The Morgan fingerprint density at radius 2 is 1.82 bits per heavy atom. The average molecular weight is 485 g/mol. The molecule has 33 heavy (non-hydrogen) atoms. The van der Waals surface area contributed by atoms with E-state index in [1.165, 1.54) is 10.4 Å². The van der Waals surface area contributed by atoms with Gasteiger partial charge < -0.3 is 4.90 Å². The number of alkyl halides is 3. The standard InChI is InChI=1S/C22H27F3N4O3S/c1-14-4-5-18(22(23,24)25)16(12-14)15-6-9-28(10-7-15)21(30)20-17-13-29(33(3,31)32)11-8-19(17)27(2)26-20/h4-5,12,15H,6-11,13H2,1-3H3. The Kier molecular flexibility index (Phi) is 6.06. The van der Waals surface area contributed by atoms with Crippen LogP contribution in [0.5, 0.6) is 0 Å². The molecule has 0 aliphatic carbocycles. The van der Waals surface area contributed by atoms with Crippen LogP contribution < -0.4 is 0 Å². The quantitative estimate of drug-likeness (QED) is 0.671. The van der Waals surface area contributed by atoms with Crippen molar-refractivity contribution in [2.24, 2.45) is 7.05 Å². The van der Waals surface area contributed by atoms with Crippen LogP contribution in [0, 0.1) is 6.92 Å². The molecule has 2 aromatic rings. The third kappa shape index (κ3) is 4.65. The van der Waals surface area contributed by atoms with E-state index in [4.69, 9.17) is 0 Å². The maximum Gasteiger partial charge on any atom is 0.416 e. The average Bonchev–Trinajstić information content (AvgIpc) is 3.08. The molecule has 0 unspecified atom stereocenters. The molecular weight excluding hydrogens is 457 g/mol. The number of carbonyl (C=O) groups excluding carboxylic acids is 1. The van der Waals surface area contributed by atoms with Crippen molar-refractivity contribution in [1.82, 2.24) is 19.0 Å².